The number of nitrogens with one attached hydrogen (secondary N) is 3. The summed E-state index contributed by atoms with van der Waals surface area (Å²) < 4.78 is 5.75. The average Bonchev–Trinajstić information content (AvgIpc) is 3.16. The predicted molar refractivity (Wildman–Crippen MR) is 203 cm³/mol. The van der Waals surface area contributed by atoms with Crippen molar-refractivity contribution in [3.63, 3.8) is 0 Å². The summed E-state index contributed by atoms with van der Waals surface area (Å²) in [6.45, 7) is 5.43. The fraction of sp³-hybridized carbons (Fsp3) is 0.463. The second-order valence-corrected chi connectivity index (χ2v) is 13.2. The molecule has 3 amide bonds. The lowest BCUT2D eigenvalue weighted by Crippen LogP contribution is -2.40. The molecule has 0 saturated carbocycles. The maximum absolute atomic E-state index is 13.1. The molecule has 52 heavy (non-hydrogen) atoms. The van der Waals surface area contributed by atoms with Crippen molar-refractivity contribution in [2.45, 2.75) is 76.9 Å². The maximum Gasteiger partial charge on any atom is 0.411 e. The zero-order valence-corrected chi connectivity index (χ0v) is 30.2. The molecule has 1 saturated heterocycles. The minimum Gasteiger partial charge on any atom is -0.508 e. The van der Waals surface area contributed by atoms with Gasteiger partial charge in [-0.05, 0) is 87.4 Å². The van der Waals surface area contributed by atoms with Crippen molar-refractivity contribution in [1.82, 2.24) is 20.4 Å². The number of likely N-dealkylation sites (tertiary alicyclic amines) is 1. The summed E-state index contributed by atoms with van der Waals surface area (Å²) >= 11 is 0. The highest BCUT2D eigenvalue weighted by atomic mass is 16.6. The quantitative estimate of drug-likeness (QED) is 0.0923. The summed E-state index contributed by atoms with van der Waals surface area (Å²) in [7, 11) is 0. The van der Waals surface area contributed by atoms with Gasteiger partial charge in [-0.1, -0.05) is 60.7 Å². The Labute approximate surface area is 308 Å². The van der Waals surface area contributed by atoms with Gasteiger partial charge in [-0.3, -0.25) is 14.9 Å². The van der Waals surface area contributed by atoms with Gasteiger partial charge in [0.2, 0.25) is 11.8 Å². The lowest BCUT2D eigenvalue weighted by atomic mass is 10.0. The third-order valence-electron chi connectivity index (χ3n) is 9.19. The van der Waals surface area contributed by atoms with Gasteiger partial charge < -0.3 is 30.3 Å². The van der Waals surface area contributed by atoms with Crippen molar-refractivity contribution in [3.8, 4) is 22.9 Å². The third kappa shape index (κ3) is 14.7. The molecule has 3 aromatic rings. The number of unbranched alkanes of at least 4 members (excludes halogenated alkanes) is 3. The summed E-state index contributed by atoms with van der Waals surface area (Å²) in [5.74, 6) is 0.327. The first-order valence-corrected chi connectivity index (χ1v) is 18.7. The topological polar surface area (TPSA) is 147 Å². The van der Waals surface area contributed by atoms with E-state index >= 15 is 0 Å². The number of hydrogen-bond acceptors (Lipinski definition) is 8. The fourth-order valence-corrected chi connectivity index (χ4v) is 6.24. The van der Waals surface area contributed by atoms with Gasteiger partial charge in [0.05, 0.1) is 11.8 Å². The summed E-state index contributed by atoms with van der Waals surface area (Å²) in [5, 5.41) is 27.5. The van der Waals surface area contributed by atoms with Crippen molar-refractivity contribution in [2.75, 3.05) is 51.1 Å². The summed E-state index contributed by atoms with van der Waals surface area (Å²) in [6, 6.07) is 26.7. The molecule has 11 heteroatoms. The van der Waals surface area contributed by atoms with E-state index in [-0.39, 0.29) is 23.7 Å². The number of aromatic hydroxyl groups is 1. The molecule has 1 aliphatic rings. The van der Waals surface area contributed by atoms with E-state index < -0.39 is 6.09 Å². The standard InChI is InChI=1S/C41H54N6O5/c42-24-7-9-25-43-26-11-16-40(50)47(32-33-17-19-35(48)20-18-33)28-10-2-8-27-44-39(49)23-31-46-29-21-36(22-30-46)52-41(51)45-38-15-6-5-14-37(38)34-12-3-1-4-13-34/h1,3-6,12-15,17-20,36,43,48H,2,7-11,16,21-23,25-32H2,(H,44,49)(H,45,51). The molecule has 0 spiro atoms. The Morgan fingerprint density at radius 3 is 2.35 bits per heavy atom. The highest BCUT2D eigenvalue weighted by Gasteiger charge is 2.23. The molecule has 0 bridgehead atoms. The van der Waals surface area contributed by atoms with Crippen LogP contribution in [0, 0.1) is 11.3 Å². The van der Waals surface area contributed by atoms with Gasteiger partial charge in [-0.2, -0.15) is 5.26 Å². The number of hydrogen-bond donors (Lipinski definition) is 4. The number of phenols is 1. The van der Waals surface area contributed by atoms with Gasteiger partial charge in [-0.25, -0.2) is 4.79 Å². The number of rotatable bonds is 21. The van der Waals surface area contributed by atoms with E-state index in [1.165, 1.54) is 0 Å². The Kier molecular flexibility index (Phi) is 17.5. The van der Waals surface area contributed by atoms with Crippen LogP contribution in [0.3, 0.4) is 0 Å². The Balaban J connectivity index is 1.07. The molecular weight excluding hydrogens is 656 g/mol. The van der Waals surface area contributed by atoms with E-state index in [9.17, 15) is 19.5 Å². The van der Waals surface area contributed by atoms with Crippen LogP contribution in [-0.4, -0.2) is 84.7 Å². The van der Waals surface area contributed by atoms with Crippen molar-refractivity contribution >= 4 is 23.6 Å². The first-order chi connectivity index (χ1) is 25.4. The Morgan fingerprint density at radius 1 is 0.846 bits per heavy atom. The van der Waals surface area contributed by atoms with E-state index in [0.717, 1.165) is 87.8 Å². The van der Waals surface area contributed by atoms with Crippen LogP contribution in [0.15, 0.2) is 78.9 Å². The number of carbonyl (C=O) groups excluding carboxylic acids is 3. The largest absolute Gasteiger partial charge is 0.508 e. The number of amides is 3. The normalized spacial score (nSPS) is 13.2. The monoisotopic (exact) mass is 710 g/mol. The zero-order chi connectivity index (χ0) is 36.8. The average molecular weight is 711 g/mol. The number of nitrogens with zero attached hydrogens (tertiary/aromatic N) is 3. The fourth-order valence-electron chi connectivity index (χ4n) is 6.24. The Hall–Kier alpha value is -4.92. The molecule has 0 atom stereocenters. The highest BCUT2D eigenvalue weighted by molar-refractivity contribution is 5.91. The van der Waals surface area contributed by atoms with Gasteiger partial charge in [0.1, 0.15) is 11.9 Å². The number of nitriles is 1. The van der Waals surface area contributed by atoms with E-state index in [1.54, 1.807) is 12.1 Å². The van der Waals surface area contributed by atoms with E-state index in [0.29, 0.717) is 51.1 Å². The van der Waals surface area contributed by atoms with Crippen molar-refractivity contribution < 1.29 is 24.2 Å². The van der Waals surface area contributed by atoms with Crippen molar-refractivity contribution in [3.05, 3.63) is 84.4 Å². The molecule has 0 unspecified atom stereocenters. The molecular formula is C41H54N6O5. The second kappa shape index (κ2) is 22.8. The van der Waals surface area contributed by atoms with Gasteiger partial charge in [0.25, 0.3) is 0 Å². The molecule has 1 fully saturated rings. The molecule has 3 aromatic carbocycles. The Bertz CT molecular complexity index is 1550. The summed E-state index contributed by atoms with van der Waals surface area (Å²) in [4.78, 5) is 42.5. The first kappa shape index (κ1) is 39.9. The molecule has 4 rings (SSSR count). The zero-order valence-electron chi connectivity index (χ0n) is 30.2. The van der Waals surface area contributed by atoms with Crippen LogP contribution in [0.2, 0.25) is 0 Å². The van der Waals surface area contributed by atoms with Crippen LogP contribution in [0.5, 0.6) is 5.75 Å². The number of piperidine rings is 1. The van der Waals surface area contributed by atoms with Crippen LogP contribution in [-0.2, 0) is 20.9 Å². The van der Waals surface area contributed by atoms with Crippen molar-refractivity contribution in [1.29, 1.82) is 5.26 Å². The maximum atomic E-state index is 13.1. The minimum absolute atomic E-state index is 0.0280. The smallest absolute Gasteiger partial charge is 0.411 e. The second-order valence-electron chi connectivity index (χ2n) is 13.2. The lowest BCUT2D eigenvalue weighted by molar-refractivity contribution is -0.132. The number of benzene rings is 3. The van der Waals surface area contributed by atoms with Crippen LogP contribution >= 0.6 is 0 Å². The first-order valence-electron chi connectivity index (χ1n) is 18.7. The van der Waals surface area contributed by atoms with Crippen molar-refractivity contribution in [2.24, 2.45) is 0 Å². The van der Waals surface area contributed by atoms with Crippen LogP contribution in [0.1, 0.15) is 69.8 Å². The number of para-hydroxylation sites is 1. The van der Waals surface area contributed by atoms with Crippen LogP contribution in [0.4, 0.5) is 10.5 Å². The van der Waals surface area contributed by atoms with E-state index in [4.69, 9.17) is 10.00 Å². The number of carbonyl (C=O) groups is 3. The third-order valence-corrected chi connectivity index (χ3v) is 9.19. The van der Waals surface area contributed by atoms with Gasteiger partial charge in [0, 0.05) is 64.1 Å². The van der Waals surface area contributed by atoms with Gasteiger partial charge >= 0.3 is 6.09 Å². The van der Waals surface area contributed by atoms with E-state index in [1.807, 2.05) is 71.6 Å². The molecule has 11 nitrogen and oxygen atoms in total. The molecule has 0 aliphatic carbocycles. The van der Waals surface area contributed by atoms with Crippen LogP contribution in [0.25, 0.3) is 11.1 Å². The number of phenolic OH excluding ortho intramolecular Hbond substituents is 1. The molecule has 278 valence electrons. The van der Waals surface area contributed by atoms with Crippen LogP contribution < -0.4 is 16.0 Å². The summed E-state index contributed by atoms with van der Waals surface area (Å²) in [6.07, 6.45) is 6.33. The molecule has 1 heterocycles. The lowest BCUT2D eigenvalue weighted by Gasteiger charge is -2.31. The molecule has 1 aliphatic heterocycles. The molecule has 4 N–H and O–H groups in total. The molecule has 0 aromatic heterocycles. The predicted octanol–water partition coefficient (Wildman–Crippen LogP) is 6.45. The van der Waals surface area contributed by atoms with E-state index in [2.05, 4.69) is 26.9 Å². The highest BCUT2D eigenvalue weighted by Crippen LogP contribution is 2.28. The summed E-state index contributed by atoms with van der Waals surface area (Å²) in [5.41, 5.74) is 3.64. The SMILES string of the molecule is N#CCCCNCCCC(=O)N(CCCCCNC(=O)CCN1CCC(OC(=O)Nc2ccccc2-c2ccccc2)CC1)Cc1ccc(O)cc1. The number of ether oxygens (including phenoxy) is 1. The minimum atomic E-state index is -0.453. The van der Waals surface area contributed by atoms with Gasteiger partial charge in [-0.15, -0.1) is 0 Å². The number of anilines is 1. The van der Waals surface area contributed by atoms with Gasteiger partial charge in [0.15, 0.2) is 0 Å². The molecule has 0 radical (unpaired) electrons. The Morgan fingerprint density at radius 2 is 1.58 bits per heavy atom.